The molecule has 0 bridgehead atoms. The van der Waals surface area contributed by atoms with Crippen LogP contribution in [0.1, 0.15) is 16.7 Å². The number of aryl methyl sites for hydroxylation is 1. The lowest BCUT2D eigenvalue weighted by atomic mass is 10.0. The summed E-state index contributed by atoms with van der Waals surface area (Å²) in [5, 5.41) is 2.67. The molecule has 3 rings (SSSR count). The number of benzene rings is 2. The molecule has 1 aliphatic heterocycles. The van der Waals surface area contributed by atoms with E-state index in [1.54, 1.807) is 6.07 Å². The van der Waals surface area contributed by atoms with Crippen LogP contribution in [0.2, 0.25) is 0 Å². The number of carbonyl (C=O) groups excluding carboxylic acids is 1. The molecule has 2 aromatic rings. The number of anilines is 1. The van der Waals surface area contributed by atoms with Crippen molar-refractivity contribution in [1.82, 2.24) is 0 Å². The minimum Gasteiger partial charge on any atom is -0.321 e. The highest BCUT2D eigenvalue weighted by molar-refractivity contribution is 6.34. The molecule has 0 unspecified atom stereocenters. The van der Waals surface area contributed by atoms with E-state index >= 15 is 0 Å². The van der Waals surface area contributed by atoms with E-state index in [0.717, 1.165) is 11.1 Å². The molecule has 0 aliphatic carbocycles. The Kier molecular flexibility index (Phi) is 2.67. The molecule has 1 amide bonds. The van der Waals surface area contributed by atoms with Crippen LogP contribution in [0.5, 0.6) is 0 Å². The quantitative estimate of drug-likeness (QED) is 0.772. The predicted molar refractivity (Wildman–Crippen MR) is 74.1 cm³/mol. The fourth-order valence-corrected chi connectivity index (χ4v) is 2.14. The Morgan fingerprint density at radius 3 is 2.58 bits per heavy atom. The normalized spacial score (nSPS) is 15.5. The third-order valence-electron chi connectivity index (χ3n) is 3.15. The van der Waals surface area contributed by atoms with E-state index in [-0.39, 0.29) is 11.7 Å². The summed E-state index contributed by atoms with van der Waals surface area (Å²) < 4.78 is 13.1. The number of halogens is 1. The second-order valence-corrected chi connectivity index (χ2v) is 4.61. The molecule has 0 fully saturated rings. The fourth-order valence-electron chi connectivity index (χ4n) is 2.14. The van der Waals surface area contributed by atoms with Crippen LogP contribution in [-0.4, -0.2) is 5.91 Å². The monoisotopic (exact) mass is 253 g/mol. The Morgan fingerprint density at radius 1 is 1.11 bits per heavy atom. The summed E-state index contributed by atoms with van der Waals surface area (Å²) in [5.41, 5.74) is 3.96. The Balaban J connectivity index is 2.06. The molecule has 0 aromatic heterocycles. The molecule has 0 radical (unpaired) electrons. The van der Waals surface area contributed by atoms with Crippen LogP contribution >= 0.6 is 0 Å². The van der Waals surface area contributed by atoms with Gasteiger partial charge in [-0.3, -0.25) is 4.79 Å². The predicted octanol–water partition coefficient (Wildman–Crippen LogP) is 3.63. The Morgan fingerprint density at radius 2 is 1.84 bits per heavy atom. The zero-order valence-corrected chi connectivity index (χ0v) is 10.4. The topological polar surface area (TPSA) is 29.1 Å². The molecule has 2 nitrogen and oxygen atoms in total. The molecule has 3 heteroatoms. The molecule has 94 valence electrons. The van der Waals surface area contributed by atoms with Gasteiger partial charge in [0, 0.05) is 11.1 Å². The van der Waals surface area contributed by atoms with Gasteiger partial charge in [0.05, 0.1) is 5.69 Å². The number of nitrogens with one attached hydrogen (secondary N) is 1. The van der Waals surface area contributed by atoms with Crippen LogP contribution in [0.4, 0.5) is 10.1 Å². The van der Waals surface area contributed by atoms with Crippen LogP contribution in [0.15, 0.2) is 42.5 Å². The van der Waals surface area contributed by atoms with Gasteiger partial charge in [-0.15, -0.1) is 0 Å². The molecule has 19 heavy (non-hydrogen) atoms. The van der Waals surface area contributed by atoms with E-state index in [2.05, 4.69) is 5.32 Å². The maximum atomic E-state index is 13.1. The van der Waals surface area contributed by atoms with Gasteiger partial charge in [-0.2, -0.15) is 0 Å². The minimum absolute atomic E-state index is 0.193. The van der Waals surface area contributed by atoms with Crippen molar-refractivity contribution in [3.63, 3.8) is 0 Å². The first-order valence-electron chi connectivity index (χ1n) is 6.03. The van der Waals surface area contributed by atoms with Crippen molar-refractivity contribution < 1.29 is 9.18 Å². The fraction of sp³-hybridized carbons (Fsp3) is 0.0625. The first kappa shape index (κ1) is 11.7. The summed E-state index contributed by atoms with van der Waals surface area (Å²) in [6.45, 7) is 2.01. The Bertz CT molecular complexity index is 686. The van der Waals surface area contributed by atoms with Crippen molar-refractivity contribution in [2.24, 2.45) is 0 Å². The van der Waals surface area contributed by atoms with Gasteiger partial charge in [0.1, 0.15) is 5.82 Å². The summed E-state index contributed by atoms with van der Waals surface area (Å²) in [6, 6.07) is 12.2. The molecular formula is C16H12FNO. The number of amides is 1. The third-order valence-corrected chi connectivity index (χ3v) is 3.15. The average molecular weight is 253 g/mol. The van der Waals surface area contributed by atoms with Crippen LogP contribution in [0.25, 0.3) is 11.6 Å². The van der Waals surface area contributed by atoms with Gasteiger partial charge < -0.3 is 5.32 Å². The highest BCUT2D eigenvalue weighted by Gasteiger charge is 2.24. The van der Waals surface area contributed by atoms with Gasteiger partial charge in [-0.05, 0) is 36.8 Å². The van der Waals surface area contributed by atoms with Gasteiger partial charge in [0.25, 0.3) is 5.91 Å². The van der Waals surface area contributed by atoms with Crippen LogP contribution < -0.4 is 5.32 Å². The summed E-state index contributed by atoms with van der Waals surface area (Å²) >= 11 is 0. The standard InChI is InChI=1S/C16H12FNO/c1-10-2-4-11(5-3-10)8-14-13-7-6-12(17)9-15(13)18-16(14)19/h2-9H,1H3,(H,18,19). The van der Waals surface area contributed by atoms with Gasteiger partial charge in [0.15, 0.2) is 0 Å². The Hall–Kier alpha value is -2.42. The largest absolute Gasteiger partial charge is 0.321 e. The Labute approximate surface area is 110 Å². The van der Waals surface area contributed by atoms with Crippen molar-refractivity contribution in [2.45, 2.75) is 6.92 Å². The van der Waals surface area contributed by atoms with E-state index in [0.29, 0.717) is 11.3 Å². The molecule has 1 heterocycles. The number of hydrogen-bond donors (Lipinski definition) is 1. The molecule has 2 aromatic carbocycles. The van der Waals surface area contributed by atoms with Crippen molar-refractivity contribution >= 4 is 23.2 Å². The van der Waals surface area contributed by atoms with E-state index in [1.165, 1.54) is 17.7 Å². The summed E-state index contributed by atoms with van der Waals surface area (Å²) in [7, 11) is 0. The molecular weight excluding hydrogens is 241 g/mol. The molecule has 1 aliphatic rings. The molecule has 0 saturated heterocycles. The number of rotatable bonds is 1. The lowest BCUT2D eigenvalue weighted by molar-refractivity contribution is -0.110. The highest BCUT2D eigenvalue weighted by Crippen LogP contribution is 2.33. The number of hydrogen-bond acceptors (Lipinski definition) is 1. The lowest BCUT2D eigenvalue weighted by Gasteiger charge is -1.99. The van der Waals surface area contributed by atoms with E-state index in [4.69, 9.17) is 0 Å². The molecule has 1 N–H and O–H groups in total. The smallest absolute Gasteiger partial charge is 0.256 e. The molecule has 0 atom stereocenters. The zero-order valence-electron chi connectivity index (χ0n) is 10.4. The van der Waals surface area contributed by atoms with E-state index in [9.17, 15) is 9.18 Å². The van der Waals surface area contributed by atoms with Gasteiger partial charge in [-0.25, -0.2) is 4.39 Å². The van der Waals surface area contributed by atoms with Gasteiger partial charge >= 0.3 is 0 Å². The second kappa shape index (κ2) is 4.35. The van der Waals surface area contributed by atoms with Crippen molar-refractivity contribution in [3.8, 4) is 0 Å². The average Bonchev–Trinajstić information content (AvgIpc) is 2.68. The van der Waals surface area contributed by atoms with Crippen molar-refractivity contribution in [3.05, 3.63) is 65.0 Å². The maximum absolute atomic E-state index is 13.1. The summed E-state index contributed by atoms with van der Waals surface area (Å²) in [6.07, 6.45) is 1.82. The van der Waals surface area contributed by atoms with Gasteiger partial charge in [-0.1, -0.05) is 29.8 Å². The van der Waals surface area contributed by atoms with Crippen LogP contribution in [0, 0.1) is 12.7 Å². The first-order chi connectivity index (χ1) is 9.13. The number of fused-ring (bicyclic) bond motifs is 1. The zero-order chi connectivity index (χ0) is 13.4. The van der Waals surface area contributed by atoms with E-state index < -0.39 is 0 Å². The lowest BCUT2D eigenvalue weighted by Crippen LogP contribution is -2.03. The highest BCUT2D eigenvalue weighted by atomic mass is 19.1. The molecule has 0 saturated carbocycles. The number of carbonyl (C=O) groups is 1. The maximum Gasteiger partial charge on any atom is 0.256 e. The van der Waals surface area contributed by atoms with Crippen molar-refractivity contribution in [1.29, 1.82) is 0 Å². The van der Waals surface area contributed by atoms with Crippen molar-refractivity contribution in [2.75, 3.05) is 5.32 Å². The summed E-state index contributed by atoms with van der Waals surface area (Å²) in [4.78, 5) is 11.9. The molecule has 0 spiro atoms. The van der Waals surface area contributed by atoms with Crippen LogP contribution in [0.3, 0.4) is 0 Å². The van der Waals surface area contributed by atoms with E-state index in [1.807, 2.05) is 37.3 Å². The first-order valence-corrected chi connectivity index (χ1v) is 6.03. The summed E-state index contributed by atoms with van der Waals surface area (Å²) in [5.74, 6) is -0.545. The van der Waals surface area contributed by atoms with Crippen LogP contribution in [-0.2, 0) is 4.79 Å². The minimum atomic E-state index is -0.351. The SMILES string of the molecule is Cc1ccc(C=C2C(=O)Nc3cc(F)ccc32)cc1. The third kappa shape index (κ3) is 2.15. The van der Waals surface area contributed by atoms with Gasteiger partial charge in [0.2, 0.25) is 0 Å². The second-order valence-electron chi connectivity index (χ2n) is 4.61.